The molecule has 2 heterocycles. The van der Waals surface area contributed by atoms with Crippen LogP contribution in [0.15, 0.2) is 24.3 Å². The Bertz CT molecular complexity index is 695. The Kier molecular flexibility index (Phi) is 4.16. The number of fused-ring (bicyclic) bond motifs is 1. The Labute approximate surface area is 134 Å². The zero-order valence-corrected chi connectivity index (χ0v) is 13.5. The van der Waals surface area contributed by atoms with Crippen molar-refractivity contribution >= 4 is 17.5 Å². The van der Waals surface area contributed by atoms with E-state index in [2.05, 4.69) is 33.9 Å². The van der Waals surface area contributed by atoms with E-state index in [4.69, 9.17) is 11.6 Å². The molecule has 5 nitrogen and oxygen atoms in total. The normalized spacial score (nSPS) is 17.4. The lowest BCUT2D eigenvalue weighted by atomic mass is 10.1. The third kappa shape index (κ3) is 2.99. The largest absolute Gasteiger partial charge is 0.347 e. The van der Waals surface area contributed by atoms with Crippen LogP contribution in [0.25, 0.3) is 0 Å². The van der Waals surface area contributed by atoms with Gasteiger partial charge in [0.2, 0.25) is 0 Å². The standard InChI is InChI=1S/C16H19ClN4O/c1-10(2)15-20-19-14-7-6-13(9-21(14)15)18-16(22)11-4-3-5-12(17)8-11/h3-5,8,10,13H,6-7,9H2,1-2H3,(H,18,22). The van der Waals surface area contributed by atoms with Crippen LogP contribution in [0.4, 0.5) is 0 Å². The van der Waals surface area contributed by atoms with E-state index in [1.54, 1.807) is 24.3 Å². The SMILES string of the molecule is CC(C)c1nnc2n1CC(NC(=O)c1cccc(Cl)c1)CC2. The molecule has 0 bridgehead atoms. The molecule has 1 atom stereocenters. The van der Waals surface area contributed by atoms with Crippen LogP contribution < -0.4 is 5.32 Å². The molecule has 22 heavy (non-hydrogen) atoms. The number of halogens is 1. The van der Waals surface area contributed by atoms with Gasteiger partial charge in [0.05, 0.1) is 0 Å². The minimum Gasteiger partial charge on any atom is -0.347 e. The molecule has 1 amide bonds. The van der Waals surface area contributed by atoms with E-state index in [0.29, 0.717) is 16.5 Å². The lowest BCUT2D eigenvalue weighted by Gasteiger charge is -2.26. The van der Waals surface area contributed by atoms with Crippen LogP contribution in [0.2, 0.25) is 5.02 Å². The number of nitrogens with zero attached hydrogens (tertiary/aromatic N) is 3. The molecule has 3 rings (SSSR count). The van der Waals surface area contributed by atoms with Gasteiger partial charge in [-0.2, -0.15) is 0 Å². The molecule has 1 aromatic heterocycles. The van der Waals surface area contributed by atoms with Gasteiger partial charge in [0.15, 0.2) is 0 Å². The van der Waals surface area contributed by atoms with Crippen LogP contribution in [0.1, 0.15) is 48.2 Å². The average Bonchev–Trinajstić information content (AvgIpc) is 2.90. The van der Waals surface area contributed by atoms with Crippen molar-refractivity contribution < 1.29 is 4.79 Å². The fraction of sp³-hybridized carbons (Fsp3) is 0.438. The molecule has 0 saturated heterocycles. The van der Waals surface area contributed by atoms with E-state index < -0.39 is 0 Å². The van der Waals surface area contributed by atoms with Crippen LogP contribution in [0.5, 0.6) is 0 Å². The van der Waals surface area contributed by atoms with Crippen molar-refractivity contribution in [1.29, 1.82) is 0 Å². The minimum absolute atomic E-state index is 0.0879. The number of hydrogen-bond donors (Lipinski definition) is 1. The number of rotatable bonds is 3. The summed E-state index contributed by atoms with van der Waals surface area (Å²) in [5.41, 5.74) is 0.589. The summed E-state index contributed by atoms with van der Waals surface area (Å²) in [6.07, 6.45) is 1.71. The number of nitrogens with one attached hydrogen (secondary N) is 1. The molecule has 0 aliphatic carbocycles. The number of aryl methyl sites for hydroxylation is 1. The summed E-state index contributed by atoms with van der Waals surface area (Å²) in [6.45, 7) is 4.93. The Balaban J connectivity index is 1.72. The Morgan fingerprint density at radius 1 is 1.41 bits per heavy atom. The van der Waals surface area contributed by atoms with Gasteiger partial charge in [-0.25, -0.2) is 0 Å². The third-order valence-electron chi connectivity index (χ3n) is 3.91. The van der Waals surface area contributed by atoms with Crippen LogP contribution in [0, 0.1) is 0 Å². The third-order valence-corrected chi connectivity index (χ3v) is 4.15. The first-order valence-electron chi connectivity index (χ1n) is 7.53. The highest BCUT2D eigenvalue weighted by Crippen LogP contribution is 2.20. The van der Waals surface area contributed by atoms with Gasteiger partial charge in [-0.1, -0.05) is 31.5 Å². The number of carbonyl (C=O) groups excluding carboxylic acids is 1. The van der Waals surface area contributed by atoms with Gasteiger partial charge in [-0.3, -0.25) is 4.79 Å². The molecule has 6 heteroatoms. The molecule has 1 aromatic carbocycles. The van der Waals surface area contributed by atoms with Crippen molar-refractivity contribution in [3.05, 3.63) is 46.5 Å². The van der Waals surface area contributed by atoms with Crippen molar-refractivity contribution in [2.75, 3.05) is 0 Å². The van der Waals surface area contributed by atoms with Gasteiger partial charge < -0.3 is 9.88 Å². The minimum atomic E-state index is -0.0879. The fourth-order valence-corrected chi connectivity index (χ4v) is 2.98. The topological polar surface area (TPSA) is 59.8 Å². The number of hydrogen-bond acceptors (Lipinski definition) is 3. The fourth-order valence-electron chi connectivity index (χ4n) is 2.79. The van der Waals surface area contributed by atoms with Crippen molar-refractivity contribution in [3.63, 3.8) is 0 Å². The van der Waals surface area contributed by atoms with E-state index in [1.165, 1.54) is 0 Å². The predicted molar refractivity (Wildman–Crippen MR) is 85.1 cm³/mol. The summed E-state index contributed by atoms with van der Waals surface area (Å²) >= 11 is 5.94. The molecule has 2 aromatic rings. The van der Waals surface area contributed by atoms with E-state index in [1.807, 2.05) is 0 Å². The summed E-state index contributed by atoms with van der Waals surface area (Å²) in [5, 5.41) is 12.2. The Morgan fingerprint density at radius 2 is 2.23 bits per heavy atom. The first-order valence-corrected chi connectivity index (χ1v) is 7.91. The van der Waals surface area contributed by atoms with Gasteiger partial charge in [0.1, 0.15) is 11.6 Å². The zero-order valence-electron chi connectivity index (χ0n) is 12.7. The van der Waals surface area contributed by atoms with Crippen LogP contribution in [-0.4, -0.2) is 26.7 Å². The lowest BCUT2D eigenvalue weighted by molar-refractivity contribution is 0.0927. The second-order valence-electron chi connectivity index (χ2n) is 5.96. The van der Waals surface area contributed by atoms with Gasteiger partial charge in [-0.05, 0) is 24.6 Å². The van der Waals surface area contributed by atoms with Crippen LogP contribution in [-0.2, 0) is 13.0 Å². The zero-order chi connectivity index (χ0) is 15.7. The first kappa shape index (κ1) is 15.0. The van der Waals surface area contributed by atoms with Gasteiger partial charge in [0, 0.05) is 35.5 Å². The molecule has 0 spiro atoms. The highest BCUT2D eigenvalue weighted by Gasteiger charge is 2.25. The van der Waals surface area contributed by atoms with E-state index in [0.717, 1.165) is 31.0 Å². The van der Waals surface area contributed by atoms with Crippen LogP contribution in [0.3, 0.4) is 0 Å². The van der Waals surface area contributed by atoms with E-state index >= 15 is 0 Å². The van der Waals surface area contributed by atoms with Crippen LogP contribution >= 0.6 is 11.6 Å². The second-order valence-corrected chi connectivity index (χ2v) is 6.40. The van der Waals surface area contributed by atoms with Crippen molar-refractivity contribution in [2.45, 2.75) is 45.2 Å². The van der Waals surface area contributed by atoms with Gasteiger partial charge >= 0.3 is 0 Å². The predicted octanol–water partition coefficient (Wildman–Crippen LogP) is 2.80. The summed E-state index contributed by atoms with van der Waals surface area (Å²) in [6, 6.07) is 7.09. The summed E-state index contributed by atoms with van der Waals surface area (Å²) in [4.78, 5) is 12.3. The Hall–Kier alpha value is -1.88. The quantitative estimate of drug-likeness (QED) is 0.946. The molecule has 0 fully saturated rings. The monoisotopic (exact) mass is 318 g/mol. The molecule has 1 aliphatic rings. The molecular formula is C16H19ClN4O. The molecule has 0 saturated carbocycles. The molecular weight excluding hydrogens is 300 g/mol. The second kappa shape index (κ2) is 6.08. The highest BCUT2D eigenvalue weighted by molar-refractivity contribution is 6.30. The number of amides is 1. The van der Waals surface area contributed by atoms with Gasteiger partial charge in [-0.15, -0.1) is 10.2 Å². The van der Waals surface area contributed by atoms with Crippen molar-refractivity contribution in [1.82, 2.24) is 20.1 Å². The maximum Gasteiger partial charge on any atom is 0.251 e. The molecule has 0 radical (unpaired) electrons. The average molecular weight is 319 g/mol. The number of carbonyl (C=O) groups is 1. The maximum absolute atomic E-state index is 12.3. The molecule has 116 valence electrons. The first-order chi connectivity index (χ1) is 10.5. The summed E-state index contributed by atoms with van der Waals surface area (Å²) in [5.74, 6) is 2.23. The molecule has 1 N–H and O–H groups in total. The summed E-state index contributed by atoms with van der Waals surface area (Å²) in [7, 11) is 0. The summed E-state index contributed by atoms with van der Waals surface area (Å²) < 4.78 is 2.14. The molecule has 1 aliphatic heterocycles. The Morgan fingerprint density at radius 3 is 2.95 bits per heavy atom. The highest BCUT2D eigenvalue weighted by atomic mass is 35.5. The lowest BCUT2D eigenvalue weighted by Crippen LogP contribution is -2.41. The maximum atomic E-state index is 12.3. The van der Waals surface area contributed by atoms with Crippen molar-refractivity contribution in [3.8, 4) is 0 Å². The number of aromatic nitrogens is 3. The van der Waals surface area contributed by atoms with E-state index in [9.17, 15) is 4.79 Å². The smallest absolute Gasteiger partial charge is 0.251 e. The van der Waals surface area contributed by atoms with Gasteiger partial charge in [0.25, 0.3) is 5.91 Å². The molecule has 1 unspecified atom stereocenters. The van der Waals surface area contributed by atoms with E-state index in [-0.39, 0.29) is 11.9 Å². The van der Waals surface area contributed by atoms with Crippen molar-refractivity contribution in [2.24, 2.45) is 0 Å². The number of benzene rings is 1.